The topological polar surface area (TPSA) is 106 Å². The highest BCUT2D eigenvalue weighted by atomic mass is 32.2. The van der Waals surface area contributed by atoms with E-state index in [4.69, 9.17) is 9.47 Å². The molecule has 0 unspecified atom stereocenters. The molecule has 2 N–H and O–H groups in total. The number of benzene rings is 1. The molecule has 1 aromatic carbocycles. The number of hydrogen-bond acceptors (Lipinski definition) is 6. The van der Waals surface area contributed by atoms with Crippen LogP contribution in [0.1, 0.15) is 18.4 Å². The maximum Gasteiger partial charge on any atom is 0.263 e. The fraction of sp³-hybridized carbons (Fsp3) is 0.500. The number of rotatable bonds is 10. The second kappa shape index (κ2) is 9.50. The molecular weight excluding hydrogens is 346 g/mol. The van der Waals surface area contributed by atoms with Crippen molar-refractivity contribution in [2.75, 3.05) is 40.0 Å². The zero-order valence-corrected chi connectivity index (χ0v) is 15.0. The lowest BCUT2D eigenvalue weighted by Gasteiger charge is -2.05. The minimum absolute atomic E-state index is 0.129. The van der Waals surface area contributed by atoms with E-state index in [1.165, 1.54) is 6.07 Å². The summed E-state index contributed by atoms with van der Waals surface area (Å²) < 4.78 is 36.4. The molecule has 1 aromatic rings. The lowest BCUT2D eigenvalue weighted by molar-refractivity contribution is -0.120. The van der Waals surface area contributed by atoms with Crippen LogP contribution in [-0.4, -0.2) is 60.2 Å². The Labute approximate surface area is 147 Å². The first-order valence-electron chi connectivity index (χ1n) is 8.04. The molecule has 1 amide bonds. The average molecular weight is 369 g/mol. The number of sulfonamides is 1. The Balaban J connectivity index is 1.70. The second-order valence-electron chi connectivity index (χ2n) is 5.39. The molecule has 9 heteroatoms. The van der Waals surface area contributed by atoms with E-state index in [1.807, 2.05) is 0 Å². The van der Waals surface area contributed by atoms with Crippen LogP contribution in [0.2, 0.25) is 0 Å². The van der Waals surface area contributed by atoms with E-state index in [2.05, 4.69) is 15.0 Å². The third-order valence-corrected chi connectivity index (χ3v) is 4.89. The Bertz CT molecular complexity index is 718. The smallest absolute Gasteiger partial charge is 0.263 e. The van der Waals surface area contributed by atoms with Gasteiger partial charge in [0.15, 0.2) is 0 Å². The van der Waals surface area contributed by atoms with Gasteiger partial charge in [-0.25, -0.2) is 8.42 Å². The van der Waals surface area contributed by atoms with Crippen LogP contribution in [0, 0.1) is 0 Å². The molecule has 0 radical (unpaired) electrons. The number of methoxy groups -OCH3 is 1. The fourth-order valence-electron chi connectivity index (χ4n) is 2.26. The van der Waals surface area contributed by atoms with Gasteiger partial charge in [0.05, 0.1) is 24.7 Å². The van der Waals surface area contributed by atoms with Crippen LogP contribution in [0.4, 0.5) is 0 Å². The number of nitrogens with zero attached hydrogens (tertiary/aromatic N) is 1. The largest absolute Gasteiger partial charge is 0.382 e. The molecule has 0 atom stereocenters. The third-order valence-electron chi connectivity index (χ3n) is 3.49. The summed E-state index contributed by atoms with van der Waals surface area (Å²) in [5, 5.41) is 2.78. The van der Waals surface area contributed by atoms with Crippen LogP contribution in [0.3, 0.4) is 0 Å². The van der Waals surface area contributed by atoms with Crippen molar-refractivity contribution < 1.29 is 22.7 Å². The first-order valence-corrected chi connectivity index (χ1v) is 9.53. The molecule has 0 saturated heterocycles. The number of aliphatic imine (C=N–C) groups is 1. The molecule has 0 bridgehead atoms. The highest BCUT2D eigenvalue weighted by Gasteiger charge is 2.29. The van der Waals surface area contributed by atoms with Gasteiger partial charge in [-0.2, -0.15) is 0 Å². The molecule has 1 aliphatic heterocycles. The van der Waals surface area contributed by atoms with E-state index in [1.54, 1.807) is 25.3 Å². The van der Waals surface area contributed by atoms with Crippen LogP contribution in [-0.2, 0) is 24.3 Å². The molecule has 1 aliphatic rings. The molecule has 0 aliphatic carbocycles. The quantitative estimate of drug-likeness (QED) is 0.577. The van der Waals surface area contributed by atoms with E-state index in [9.17, 15) is 13.2 Å². The van der Waals surface area contributed by atoms with Gasteiger partial charge in [-0.1, -0.05) is 12.1 Å². The van der Waals surface area contributed by atoms with Crippen molar-refractivity contribution in [3.63, 3.8) is 0 Å². The number of carbonyl (C=O) groups is 1. The Morgan fingerprint density at radius 1 is 1.24 bits per heavy atom. The monoisotopic (exact) mass is 369 g/mol. The molecule has 138 valence electrons. The zero-order valence-electron chi connectivity index (χ0n) is 14.2. The fourth-order valence-corrected chi connectivity index (χ4v) is 3.51. The van der Waals surface area contributed by atoms with Gasteiger partial charge in [-0.3, -0.25) is 14.5 Å². The van der Waals surface area contributed by atoms with Crippen LogP contribution in [0.5, 0.6) is 0 Å². The maximum absolute atomic E-state index is 11.9. The van der Waals surface area contributed by atoms with Crippen molar-refractivity contribution >= 4 is 21.8 Å². The summed E-state index contributed by atoms with van der Waals surface area (Å²) in [4.78, 5) is 16.2. The molecule has 1 heterocycles. The summed E-state index contributed by atoms with van der Waals surface area (Å²) in [5.74, 6) is 0.158. The van der Waals surface area contributed by atoms with Crippen molar-refractivity contribution in [3.8, 4) is 0 Å². The van der Waals surface area contributed by atoms with Crippen LogP contribution >= 0.6 is 0 Å². The Morgan fingerprint density at radius 3 is 2.84 bits per heavy atom. The maximum atomic E-state index is 11.9. The predicted molar refractivity (Wildman–Crippen MR) is 93.1 cm³/mol. The summed E-state index contributed by atoms with van der Waals surface area (Å²) in [6.45, 7) is 2.39. The highest BCUT2D eigenvalue weighted by molar-refractivity contribution is 7.90. The van der Waals surface area contributed by atoms with Gasteiger partial charge >= 0.3 is 0 Å². The van der Waals surface area contributed by atoms with Crippen molar-refractivity contribution in [1.29, 1.82) is 0 Å². The van der Waals surface area contributed by atoms with Gasteiger partial charge in [0.25, 0.3) is 10.0 Å². The lowest BCUT2D eigenvalue weighted by Crippen LogP contribution is -2.26. The minimum atomic E-state index is -3.54. The van der Waals surface area contributed by atoms with E-state index in [0.717, 1.165) is 6.42 Å². The van der Waals surface area contributed by atoms with Gasteiger partial charge in [0.2, 0.25) is 5.91 Å². The normalized spacial score (nSPS) is 16.4. The summed E-state index contributed by atoms with van der Waals surface area (Å²) >= 11 is 0. The van der Waals surface area contributed by atoms with E-state index in [-0.39, 0.29) is 29.6 Å². The molecule has 2 rings (SSSR count). The minimum Gasteiger partial charge on any atom is -0.382 e. The third kappa shape index (κ3) is 5.80. The summed E-state index contributed by atoms with van der Waals surface area (Å²) in [5.41, 5.74) is 0.538. The summed E-state index contributed by atoms with van der Waals surface area (Å²) in [6, 6.07) is 6.63. The average Bonchev–Trinajstić information content (AvgIpc) is 2.85. The van der Waals surface area contributed by atoms with Gasteiger partial charge < -0.3 is 14.8 Å². The first-order chi connectivity index (χ1) is 12.0. The van der Waals surface area contributed by atoms with Gasteiger partial charge in [-0.05, 0) is 18.6 Å². The lowest BCUT2D eigenvalue weighted by atomic mass is 10.2. The van der Waals surface area contributed by atoms with Crippen molar-refractivity contribution in [2.24, 2.45) is 4.99 Å². The van der Waals surface area contributed by atoms with Gasteiger partial charge in [0, 0.05) is 32.2 Å². The standard InChI is InChI=1S/C16H23N3O5S/c1-23-11-12-24-10-4-8-17-15(20)7-9-18-16-13-5-2-3-6-14(13)25(21,22)19-16/h2-3,5-6H,4,7-12H2,1H3,(H,17,20)(H,18,19). The highest BCUT2D eigenvalue weighted by Crippen LogP contribution is 2.21. The predicted octanol–water partition coefficient (Wildman–Crippen LogP) is 0.285. The molecule has 0 fully saturated rings. The molecule has 8 nitrogen and oxygen atoms in total. The number of carbonyl (C=O) groups excluding carboxylic acids is 1. The zero-order chi connectivity index (χ0) is 18.1. The Morgan fingerprint density at radius 2 is 2.04 bits per heavy atom. The molecular formula is C16H23N3O5S. The number of amidine groups is 1. The van der Waals surface area contributed by atoms with E-state index < -0.39 is 10.0 Å². The molecule has 25 heavy (non-hydrogen) atoms. The number of amides is 1. The number of hydrogen-bond donors (Lipinski definition) is 2. The van der Waals surface area contributed by atoms with Gasteiger partial charge in [-0.15, -0.1) is 0 Å². The van der Waals surface area contributed by atoms with E-state index >= 15 is 0 Å². The SMILES string of the molecule is COCCOCCCNC(=O)CCN=C1NS(=O)(=O)c2ccccc21. The van der Waals surface area contributed by atoms with E-state index in [0.29, 0.717) is 31.9 Å². The molecule has 0 aromatic heterocycles. The number of ether oxygens (including phenoxy) is 2. The number of nitrogens with one attached hydrogen (secondary N) is 2. The summed E-state index contributed by atoms with van der Waals surface area (Å²) in [6.07, 6.45) is 0.912. The Hall–Kier alpha value is -1.97. The van der Waals surface area contributed by atoms with Crippen molar-refractivity contribution in [1.82, 2.24) is 10.0 Å². The van der Waals surface area contributed by atoms with Crippen molar-refractivity contribution in [3.05, 3.63) is 29.8 Å². The van der Waals surface area contributed by atoms with Crippen LogP contribution in [0.25, 0.3) is 0 Å². The van der Waals surface area contributed by atoms with Crippen LogP contribution in [0.15, 0.2) is 34.2 Å². The Kier molecular flexibility index (Phi) is 7.35. The number of fused-ring (bicyclic) bond motifs is 1. The van der Waals surface area contributed by atoms with Gasteiger partial charge in [0.1, 0.15) is 5.84 Å². The van der Waals surface area contributed by atoms with Crippen LogP contribution < -0.4 is 10.0 Å². The molecule has 0 saturated carbocycles. The second-order valence-corrected chi connectivity index (χ2v) is 7.04. The molecule has 0 spiro atoms. The van der Waals surface area contributed by atoms with Crippen molar-refractivity contribution in [2.45, 2.75) is 17.7 Å². The summed E-state index contributed by atoms with van der Waals surface area (Å²) in [7, 11) is -1.92. The first kappa shape index (κ1) is 19.4.